The molecule has 0 aliphatic carbocycles. The van der Waals surface area contributed by atoms with Gasteiger partial charge in [-0.15, -0.1) is 0 Å². The Kier molecular flexibility index (Phi) is 4.61. The zero-order valence-electron chi connectivity index (χ0n) is 14.3. The predicted octanol–water partition coefficient (Wildman–Crippen LogP) is 4.28. The van der Waals surface area contributed by atoms with E-state index in [0.29, 0.717) is 28.3 Å². The molecule has 0 aliphatic rings. The van der Waals surface area contributed by atoms with E-state index in [1.165, 1.54) is 6.92 Å². The minimum absolute atomic E-state index is 0.0747. The summed E-state index contributed by atoms with van der Waals surface area (Å²) in [6, 6.07) is 14.7. The topological polar surface area (TPSA) is 69.6 Å². The Hall–Kier alpha value is -3.01. The van der Waals surface area contributed by atoms with Gasteiger partial charge in [-0.05, 0) is 61.2 Å². The van der Waals surface area contributed by atoms with Gasteiger partial charge in [-0.2, -0.15) is 0 Å². The highest BCUT2D eigenvalue weighted by atomic mass is 16.3. The van der Waals surface area contributed by atoms with Crippen molar-refractivity contribution < 1.29 is 15.0 Å². The summed E-state index contributed by atoms with van der Waals surface area (Å²) < 4.78 is 0. The number of anilines is 1. The molecule has 0 heterocycles. The number of nitrogens with one attached hydrogen (secondary N) is 1. The molecule has 3 rings (SSSR count). The van der Waals surface area contributed by atoms with Crippen LogP contribution < -0.4 is 5.32 Å². The minimum Gasteiger partial charge on any atom is -0.507 e. The maximum Gasteiger partial charge on any atom is 0.159 e. The first-order valence-electron chi connectivity index (χ1n) is 8.25. The number of phenols is 2. The average Bonchev–Trinajstić information content (AvgIpc) is 2.63. The molecular weight excluding hydrogens is 314 g/mol. The number of hydrogen-bond acceptors (Lipinski definition) is 4. The number of fused-ring (bicyclic) bond motifs is 1. The van der Waals surface area contributed by atoms with Crippen LogP contribution in [0.1, 0.15) is 28.4 Å². The standard InChI is InChI=1S/C21H21NO3/c1-13(23)15-8-9-18-19(11-15)20(24)12-16(21(18)25)7-6-14-4-3-5-17(10-14)22-2/h3-5,8-12,22,24-25H,6-7H2,1-2H3. The number of rotatable bonds is 5. The van der Waals surface area contributed by atoms with Crippen molar-refractivity contribution in [2.45, 2.75) is 19.8 Å². The van der Waals surface area contributed by atoms with Gasteiger partial charge in [-0.25, -0.2) is 0 Å². The van der Waals surface area contributed by atoms with Crippen LogP contribution in [-0.2, 0) is 12.8 Å². The summed E-state index contributed by atoms with van der Waals surface area (Å²) >= 11 is 0. The van der Waals surface area contributed by atoms with Crippen molar-refractivity contribution in [3.8, 4) is 11.5 Å². The van der Waals surface area contributed by atoms with E-state index in [4.69, 9.17) is 0 Å². The summed E-state index contributed by atoms with van der Waals surface area (Å²) in [7, 11) is 1.88. The quantitative estimate of drug-likeness (QED) is 0.481. The molecule has 3 aromatic rings. The first-order chi connectivity index (χ1) is 12.0. The number of hydrogen-bond donors (Lipinski definition) is 3. The third-order valence-corrected chi connectivity index (χ3v) is 4.47. The van der Waals surface area contributed by atoms with Crippen LogP contribution in [0.3, 0.4) is 0 Å². The van der Waals surface area contributed by atoms with Gasteiger partial charge >= 0.3 is 0 Å². The molecule has 4 heteroatoms. The monoisotopic (exact) mass is 335 g/mol. The largest absolute Gasteiger partial charge is 0.507 e. The Morgan fingerprint density at radius 1 is 1.00 bits per heavy atom. The molecule has 0 aliphatic heterocycles. The molecule has 128 valence electrons. The van der Waals surface area contributed by atoms with Crippen molar-refractivity contribution in [3.05, 3.63) is 65.2 Å². The van der Waals surface area contributed by atoms with Crippen LogP contribution >= 0.6 is 0 Å². The molecule has 0 aromatic heterocycles. The SMILES string of the molecule is CNc1cccc(CCc2cc(O)c3cc(C(C)=O)ccc3c2O)c1. The van der Waals surface area contributed by atoms with Crippen molar-refractivity contribution in [3.63, 3.8) is 0 Å². The Balaban J connectivity index is 1.93. The van der Waals surface area contributed by atoms with Gasteiger partial charge in [0.2, 0.25) is 0 Å². The number of carbonyl (C=O) groups excluding carboxylic acids is 1. The van der Waals surface area contributed by atoms with Crippen LogP contribution in [0.25, 0.3) is 10.8 Å². The molecule has 25 heavy (non-hydrogen) atoms. The van der Waals surface area contributed by atoms with E-state index in [2.05, 4.69) is 11.4 Å². The van der Waals surface area contributed by atoms with Gasteiger partial charge in [0.05, 0.1) is 0 Å². The summed E-state index contributed by atoms with van der Waals surface area (Å²) in [4.78, 5) is 11.5. The third kappa shape index (κ3) is 3.43. The second-order valence-electron chi connectivity index (χ2n) is 6.17. The fourth-order valence-corrected chi connectivity index (χ4v) is 3.02. The number of ketones is 1. The summed E-state index contributed by atoms with van der Waals surface area (Å²) in [5, 5.41) is 25.1. The number of carbonyl (C=O) groups is 1. The van der Waals surface area contributed by atoms with E-state index < -0.39 is 0 Å². The van der Waals surface area contributed by atoms with Gasteiger partial charge in [-0.1, -0.05) is 18.2 Å². The van der Waals surface area contributed by atoms with Crippen LogP contribution in [0.5, 0.6) is 11.5 Å². The molecule has 4 nitrogen and oxygen atoms in total. The number of Topliss-reactive ketones (excluding diaryl/α,β-unsaturated/α-hetero) is 1. The van der Waals surface area contributed by atoms with Crippen LogP contribution in [0.2, 0.25) is 0 Å². The number of benzene rings is 3. The Labute approximate surface area is 146 Å². The lowest BCUT2D eigenvalue weighted by Gasteiger charge is -2.11. The lowest BCUT2D eigenvalue weighted by Crippen LogP contribution is -1.96. The van der Waals surface area contributed by atoms with Crippen molar-refractivity contribution >= 4 is 22.2 Å². The Morgan fingerprint density at radius 2 is 1.80 bits per heavy atom. The van der Waals surface area contributed by atoms with E-state index in [1.807, 2.05) is 25.2 Å². The molecule has 3 N–H and O–H groups in total. The fraction of sp³-hybridized carbons (Fsp3) is 0.190. The molecule has 0 bridgehead atoms. The zero-order chi connectivity index (χ0) is 18.0. The number of aromatic hydroxyl groups is 2. The molecule has 0 saturated heterocycles. The molecule has 0 spiro atoms. The normalized spacial score (nSPS) is 10.8. The molecular formula is C21H21NO3. The molecule has 0 atom stereocenters. The highest BCUT2D eigenvalue weighted by molar-refractivity contribution is 6.02. The first-order valence-corrected chi connectivity index (χ1v) is 8.25. The lowest BCUT2D eigenvalue weighted by molar-refractivity contribution is 0.101. The lowest BCUT2D eigenvalue weighted by atomic mass is 9.97. The van der Waals surface area contributed by atoms with Crippen LogP contribution in [0, 0.1) is 0 Å². The minimum atomic E-state index is -0.0747. The van der Waals surface area contributed by atoms with Gasteiger partial charge in [0.25, 0.3) is 0 Å². The fourth-order valence-electron chi connectivity index (χ4n) is 3.02. The van der Waals surface area contributed by atoms with E-state index in [0.717, 1.165) is 17.7 Å². The Bertz CT molecular complexity index is 947. The molecule has 0 amide bonds. The summed E-state index contributed by atoms with van der Waals surface area (Å²) in [5.74, 6) is 0.164. The van der Waals surface area contributed by atoms with Crippen molar-refractivity contribution in [2.24, 2.45) is 0 Å². The maximum absolute atomic E-state index is 11.5. The van der Waals surface area contributed by atoms with Crippen LogP contribution in [0.15, 0.2) is 48.5 Å². The predicted molar refractivity (Wildman–Crippen MR) is 101 cm³/mol. The van der Waals surface area contributed by atoms with Crippen molar-refractivity contribution in [1.29, 1.82) is 0 Å². The second kappa shape index (κ2) is 6.85. The summed E-state index contributed by atoms with van der Waals surface area (Å²) in [6.07, 6.45) is 1.36. The molecule has 0 saturated carbocycles. The molecule has 0 radical (unpaired) electrons. The second-order valence-corrected chi connectivity index (χ2v) is 6.17. The summed E-state index contributed by atoms with van der Waals surface area (Å²) in [6.45, 7) is 1.48. The highest BCUT2D eigenvalue weighted by Crippen LogP contribution is 2.36. The molecule has 3 aromatic carbocycles. The molecule has 0 fully saturated rings. The van der Waals surface area contributed by atoms with E-state index >= 15 is 0 Å². The van der Waals surface area contributed by atoms with E-state index in [1.54, 1.807) is 24.3 Å². The van der Waals surface area contributed by atoms with Crippen molar-refractivity contribution in [2.75, 3.05) is 12.4 Å². The van der Waals surface area contributed by atoms with Gasteiger partial charge in [0.1, 0.15) is 11.5 Å². The smallest absolute Gasteiger partial charge is 0.159 e. The highest BCUT2D eigenvalue weighted by Gasteiger charge is 2.13. The van der Waals surface area contributed by atoms with Crippen molar-refractivity contribution in [1.82, 2.24) is 0 Å². The van der Waals surface area contributed by atoms with Gasteiger partial charge in [-0.3, -0.25) is 4.79 Å². The first kappa shape index (κ1) is 16.8. The van der Waals surface area contributed by atoms with E-state index in [9.17, 15) is 15.0 Å². The van der Waals surface area contributed by atoms with Gasteiger partial charge in [0.15, 0.2) is 5.78 Å². The molecule has 0 unspecified atom stereocenters. The summed E-state index contributed by atoms with van der Waals surface area (Å²) in [5.41, 5.74) is 3.40. The van der Waals surface area contributed by atoms with Crippen LogP contribution in [0.4, 0.5) is 5.69 Å². The third-order valence-electron chi connectivity index (χ3n) is 4.47. The van der Waals surface area contributed by atoms with Crippen LogP contribution in [-0.4, -0.2) is 23.0 Å². The Morgan fingerprint density at radius 3 is 2.52 bits per heavy atom. The maximum atomic E-state index is 11.5. The number of aryl methyl sites for hydroxylation is 2. The average molecular weight is 335 g/mol. The number of phenolic OH excluding ortho intramolecular Hbond substituents is 2. The zero-order valence-corrected chi connectivity index (χ0v) is 14.3. The van der Waals surface area contributed by atoms with Gasteiger partial charge in [0, 0.05) is 29.1 Å². The van der Waals surface area contributed by atoms with E-state index in [-0.39, 0.29) is 17.3 Å². The van der Waals surface area contributed by atoms with Gasteiger partial charge < -0.3 is 15.5 Å².